The van der Waals surface area contributed by atoms with Crippen molar-refractivity contribution in [3.63, 3.8) is 0 Å². The minimum atomic E-state index is -0.236. The van der Waals surface area contributed by atoms with Crippen molar-refractivity contribution < 1.29 is 18.8 Å². The molecule has 0 aromatic carbocycles. The summed E-state index contributed by atoms with van der Waals surface area (Å²) in [5.41, 5.74) is 0.699. The summed E-state index contributed by atoms with van der Waals surface area (Å²) < 4.78 is 15.8. The summed E-state index contributed by atoms with van der Waals surface area (Å²) in [7, 11) is 0. The number of carbonyl (C=O) groups is 1. The van der Waals surface area contributed by atoms with E-state index in [1.165, 1.54) is 0 Å². The third kappa shape index (κ3) is 4.65. The van der Waals surface area contributed by atoms with Gasteiger partial charge in [-0.15, -0.1) is 0 Å². The van der Waals surface area contributed by atoms with Crippen LogP contribution in [0.4, 0.5) is 0 Å². The molecule has 106 valence electrons. The van der Waals surface area contributed by atoms with Gasteiger partial charge in [-0.3, -0.25) is 4.79 Å². The third-order valence-corrected chi connectivity index (χ3v) is 2.93. The summed E-state index contributed by atoms with van der Waals surface area (Å²) in [5.74, 6) is 0.0116. The maximum absolute atomic E-state index is 11.6. The van der Waals surface area contributed by atoms with E-state index in [9.17, 15) is 4.79 Å². The van der Waals surface area contributed by atoms with E-state index in [2.05, 4.69) is 10.5 Å². The zero-order valence-corrected chi connectivity index (χ0v) is 11.2. The Balaban J connectivity index is 1.50. The van der Waals surface area contributed by atoms with Crippen LogP contribution in [0.25, 0.3) is 0 Å². The quantitative estimate of drug-likeness (QED) is 0.754. The van der Waals surface area contributed by atoms with E-state index in [0.717, 1.165) is 25.9 Å². The molecule has 0 bridgehead atoms. The van der Waals surface area contributed by atoms with Crippen molar-refractivity contribution in [2.75, 3.05) is 26.4 Å². The maximum Gasteiger partial charge on any atom is 0.289 e. The van der Waals surface area contributed by atoms with E-state index in [1.807, 2.05) is 0 Å². The van der Waals surface area contributed by atoms with Crippen LogP contribution in [0.5, 0.6) is 0 Å². The molecule has 1 aliphatic rings. The summed E-state index contributed by atoms with van der Waals surface area (Å²) in [4.78, 5) is 11.6. The molecule has 0 radical (unpaired) electrons. The molecule has 1 aliphatic heterocycles. The number of aromatic nitrogens is 1. The number of rotatable bonds is 7. The highest BCUT2D eigenvalue weighted by Gasteiger charge is 2.15. The smallest absolute Gasteiger partial charge is 0.289 e. The standard InChI is InChI=1S/C13H20N2O4/c1-10-8-12(19-15-10)13(16)14-5-3-6-17-9-11-4-2-7-18-11/h8,11H,2-7,9H2,1H3,(H,14,16)/t11-/m1/s1. The molecule has 0 unspecified atom stereocenters. The lowest BCUT2D eigenvalue weighted by Gasteiger charge is -2.09. The molecule has 1 aromatic rings. The van der Waals surface area contributed by atoms with Gasteiger partial charge in [0.05, 0.1) is 18.4 Å². The summed E-state index contributed by atoms with van der Waals surface area (Å²) in [6.45, 7) is 4.45. The molecule has 1 amide bonds. The van der Waals surface area contributed by atoms with Gasteiger partial charge in [-0.1, -0.05) is 5.16 Å². The average Bonchev–Trinajstić information content (AvgIpc) is 3.04. The topological polar surface area (TPSA) is 73.6 Å². The number of hydrogen-bond acceptors (Lipinski definition) is 5. The molecule has 2 rings (SSSR count). The molecule has 6 heteroatoms. The number of carbonyl (C=O) groups excluding carboxylic acids is 1. The Bertz CT molecular complexity index is 399. The first-order valence-corrected chi connectivity index (χ1v) is 6.66. The molecule has 6 nitrogen and oxygen atoms in total. The zero-order chi connectivity index (χ0) is 13.5. The lowest BCUT2D eigenvalue weighted by Crippen LogP contribution is -2.25. The Morgan fingerprint density at radius 3 is 3.21 bits per heavy atom. The number of hydrogen-bond donors (Lipinski definition) is 1. The predicted octanol–water partition coefficient (Wildman–Crippen LogP) is 1.30. The van der Waals surface area contributed by atoms with Gasteiger partial charge in [-0.2, -0.15) is 0 Å². The van der Waals surface area contributed by atoms with E-state index < -0.39 is 0 Å². The van der Waals surface area contributed by atoms with Crippen LogP contribution in [0.2, 0.25) is 0 Å². The number of aryl methyl sites for hydroxylation is 1. The summed E-state index contributed by atoms with van der Waals surface area (Å²) in [5, 5.41) is 6.42. The van der Waals surface area contributed by atoms with Crippen LogP contribution >= 0.6 is 0 Å². The summed E-state index contributed by atoms with van der Waals surface area (Å²) in [6, 6.07) is 1.61. The lowest BCUT2D eigenvalue weighted by atomic mass is 10.2. The minimum absolute atomic E-state index is 0.236. The number of amides is 1. The van der Waals surface area contributed by atoms with Crippen LogP contribution in [0.15, 0.2) is 10.6 Å². The molecule has 0 saturated carbocycles. The average molecular weight is 268 g/mol. The second kappa shape index (κ2) is 7.25. The highest BCUT2D eigenvalue weighted by Crippen LogP contribution is 2.11. The van der Waals surface area contributed by atoms with Gasteiger partial charge in [0, 0.05) is 25.8 Å². The second-order valence-electron chi connectivity index (χ2n) is 4.65. The first-order valence-electron chi connectivity index (χ1n) is 6.66. The fraction of sp³-hybridized carbons (Fsp3) is 0.692. The van der Waals surface area contributed by atoms with Gasteiger partial charge in [-0.05, 0) is 26.2 Å². The van der Waals surface area contributed by atoms with Crippen LogP contribution in [-0.4, -0.2) is 43.5 Å². The molecule has 0 aliphatic carbocycles. The lowest BCUT2D eigenvalue weighted by molar-refractivity contribution is 0.0166. The van der Waals surface area contributed by atoms with Gasteiger partial charge < -0.3 is 19.3 Å². The molecular weight excluding hydrogens is 248 g/mol. The van der Waals surface area contributed by atoms with Crippen molar-refractivity contribution >= 4 is 5.91 Å². The van der Waals surface area contributed by atoms with E-state index in [1.54, 1.807) is 13.0 Å². The van der Waals surface area contributed by atoms with Crippen LogP contribution in [0.3, 0.4) is 0 Å². The van der Waals surface area contributed by atoms with E-state index >= 15 is 0 Å². The zero-order valence-electron chi connectivity index (χ0n) is 11.2. The van der Waals surface area contributed by atoms with Gasteiger partial charge >= 0.3 is 0 Å². The molecule has 0 spiro atoms. The van der Waals surface area contributed by atoms with Gasteiger partial charge in [0.1, 0.15) is 0 Å². The second-order valence-corrected chi connectivity index (χ2v) is 4.65. The Morgan fingerprint density at radius 2 is 2.53 bits per heavy atom. The van der Waals surface area contributed by atoms with Crippen LogP contribution < -0.4 is 5.32 Å². The number of ether oxygens (including phenoxy) is 2. The largest absolute Gasteiger partial charge is 0.379 e. The number of nitrogens with zero attached hydrogens (tertiary/aromatic N) is 1. The minimum Gasteiger partial charge on any atom is -0.379 e. The molecule has 1 atom stereocenters. The van der Waals surface area contributed by atoms with E-state index in [-0.39, 0.29) is 17.8 Å². The normalized spacial score (nSPS) is 18.7. The van der Waals surface area contributed by atoms with E-state index in [0.29, 0.717) is 25.5 Å². The molecule has 19 heavy (non-hydrogen) atoms. The van der Waals surface area contributed by atoms with Crippen molar-refractivity contribution in [1.82, 2.24) is 10.5 Å². The molecule has 2 heterocycles. The summed E-state index contributed by atoms with van der Waals surface area (Å²) >= 11 is 0. The molecule has 1 saturated heterocycles. The number of nitrogens with one attached hydrogen (secondary N) is 1. The fourth-order valence-electron chi connectivity index (χ4n) is 1.92. The van der Waals surface area contributed by atoms with Crippen LogP contribution in [0.1, 0.15) is 35.5 Å². The van der Waals surface area contributed by atoms with Crippen molar-refractivity contribution in [2.45, 2.75) is 32.3 Å². The van der Waals surface area contributed by atoms with Crippen LogP contribution in [0, 0.1) is 6.92 Å². The van der Waals surface area contributed by atoms with E-state index in [4.69, 9.17) is 14.0 Å². The molecule has 1 N–H and O–H groups in total. The first-order chi connectivity index (χ1) is 9.25. The monoisotopic (exact) mass is 268 g/mol. The van der Waals surface area contributed by atoms with Crippen molar-refractivity contribution in [2.24, 2.45) is 0 Å². The Kier molecular flexibility index (Phi) is 5.35. The van der Waals surface area contributed by atoms with Gasteiger partial charge in [0.15, 0.2) is 0 Å². The highest BCUT2D eigenvalue weighted by atomic mass is 16.5. The fourth-order valence-corrected chi connectivity index (χ4v) is 1.92. The van der Waals surface area contributed by atoms with Crippen molar-refractivity contribution in [3.8, 4) is 0 Å². The Morgan fingerprint density at radius 1 is 1.63 bits per heavy atom. The molecule has 1 fully saturated rings. The first kappa shape index (κ1) is 14.0. The summed E-state index contributed by atoms with van der Waals surface area (Å²) in [6.07, 6.45) is 3.24. The van der Waals surface area contributed by atoms with Crippen molar-refractivity contribution in [3.05, 3.63) is 17.5 Å². The van der Waals surface area contributed by atoms with Gasteiger partial charge in [0.2, 0.25) is 5.76 Å². The van der Waals surface area contributed by atoms with Crippen molar-refractivity contribution in [1.29, 1.82) is 0 Å². The van der Waals surface area contributed by atoms with Gasteiger partial charge in [0.25, 0.3) is 5.91 Å². The SMILES string of the molecule is Cc1cc(C(=O)NCCCOC[C@H]2CCCO2)on1. The molecule has 1 aromatic heterocycles. The van der Waals surface area contributed by atoms with Crippen LogP contribution in [-0.2, 0) is 9.47 Å². The maximum atomic E-state index is 11.6. The van der Waals surface area contributed by atoms with Gasteiger partial charge in [-0.25, -0.2) is 0 Å². The Labute approximate surface area is 112 Å². The Hall–Kier alpha value is -1.40. The third-order valence-electron chi connectivity index (χ3n) is 2.93. The predicted molar refractivity (Wildman–Crippen MR) is 68.0 cm³/mol. The highest BCUT2D eigenvalue weighted by molar-refractivity contribution is 5.91. The molecular formula is C13H20N2O4.